The fourth-order valence-electron chi connectivity index (χ4n) is 4.27. The molecule has 166 valence electrons. The number of carbonyl (C=O) groups excluding carboxylic acids is 2. The number of amides is 2. The second kappa shape index (κ2) is 11.3. The van der Waals surface area contributed by atoms with E-state index in [0.717, 1.165) is 42.4 Å². The van der Waals surface area contributed by atoms with Crippen LogP contribution < -0.4 is 5.32 Å². The molecule has 2 aromatic carbocycles. The Kier molecular flexibility index (Phi) is 8.53. The summed E-state index contributed by atoms with van der Waals surface area (Å²) >= 11 is 5.97. The number of hydrogen-bond donors (Lipinski definition) is 1. The van der Waals surface area contributed by atoms with Gasteiger partial charge in [-0.2, -0.15) is 0 Å². The van der Waals surface area contributed by atoms with Crippen LogP contribution in [0.25, 0.3) is 0 Å². The van der Waals surface area contributed by atoms with Crippen LogP contribution in [0.1, 0.15) is 55.3 Å². The van der Waals surface area contributed by atoms with Crippen molar-refractivity contribution in [2.24, 2.45) is 5.92 Å². The first-order valence-electron chi connectivity index (χ1n) is 11.2. The maximum absolute atomic E-state index is 13.5. The minimum atomic E-state index is -0.685. The molecule has 4 nitrogen and oxygen atoms in total. The maximum Gasteiger partial charge on any atom is 0.247 e. The van der Waals surface area contributed by atoms with Crippen molar-refractivity contribution in [3.8, 4) is 0 Å². The van der Waals surface area contributed by atoms with E-state index in [4.69, 9.17) is 11.6 Å². The standard InChI is InChI=1S/C26H33ClN2O2/c1-19-8-12-22(13-9-19)25(26(31)28-23-14-10-20(2)11-15-23)29(24(30)18-27)17-16-21-6-4-3-5-7-21/h3-9,12-13,20,23,25H,10-11,14-18H2,1-2H3,(H,28,31). The first kappa shape index (κ1) is 23.3. The predicted octanol–water partition coefficient (Wildman–Crippen LogP) is 5.04. The van der Waals surface area contributed by atoms with Gasteiger partial charge in [-0.1, -0.05) is 67.1 Å². The van der Waals surface area contributed by atoms with Crippen molar-refractivity contribution in [1.29, 1.82) is 0 Å². The zero-order valence-corrected chi connectivity index (χ0v) is 19.3. The Bertz CT molecular complexity index is 845. The van der Waals surface area contributed by atoms with Gasteiger partial charge < -0.3 is 10.2 Å². The molecule has 1 aliphatic carbocycles. The summed E-state index contributed by atoms with van der Waals surface area (Å²) in [6, 6.07) is 17.3. The summed E-state index contributed by atoms with van der Waals surface area (Å²) in [5, 5.41) is 3.23. The molecule has 0 saturated heterocycles. The Labute approximate surface area is 191 Å². The highest BCUT2D eigenvalue weighted by molar-refractivity contribution is 6.27. The third-order valence-electron chi connectivity index (χ3n) is 6.23. The minimum absolute atomic E-state index is 0.116. The number of nitrogens with one attached hydrogen (secondary N) is 1. The summed E-state index contributed by atoms with van der Waals surface area (Å²) in [7, 11) is 0. The van der Waals surface area contributed by atoms with Gasteiger partial charge in [0.15, 0.2) is 0 Å². The second-order valence-corrected chi connectivity index (χ2v) is 9.00. The van der Waals surface area contributed by atoms with E-state index in [1.54, 1.807) is 4.90 Å². The zero-order valence-electron chi connectivity index (χ0n) is 18.5. The number of alkyl halides is 1. The van der Waals surface area contributed by atoms with Crippen molar-refractivity contribution in [3.05, 3.63) is 71.3 Å². The molecule has 0 aromatic heterocycles. The number of benzene rings is 2. The minimum Gasteiger partial charge on any atom is -0.351 e. The zero-order chi connectivity index (χ0) is 22.2. The van der Waals surface area contributed by atoms with Gasteiger partial charge in [0.25, 0.3) is 0 Å². The van der Waals surface area contributed by atoms with E-state index in [-0.39, 0.29) is 23.7 Å². The van der Waals surface area contributed by atoms with Crippen LogP contribution >= 0.6 is 11.6 Å². The second-order valence-electron chi connectivity index (χ2n) is 8.73. The maximum atomic E-state index is 13.5. The van der Waals surface area contributed by atoms with Gasteiger partial charge in [0, 0.05) is 12.6 Å². The van der Waals surface area contributed by atoms with E-state index in [2.05, 4.69) is 12.2 Å². The van der Waals surface area contributed by atoms with Gasteiger partial charge in [0.1, 0.15) is 11.9 Å². The fourth-order valence-corrected chi connectivity index (χ4v) is 4.43. The van der Waals surface area contributed by atoms with E-state index < -0.39 is 6.04 Å². The van der Waals surface area contributed by atoms with Gasteiger partial charge in [-0.3, -0.25) is 9.59 Å². The van der Waals surface area contributed by atoms with E-state index in [1.807, 2.05) is 61.5 Å². The smallest absolute Gasteiger partial charge is 0.247 e. The van der Waals surface area contributed by atoms with Crippen LogP contribution in [0.15, 0.2) is 54.6 Å². The van der Waals surface area contributed by atoms with Crippen molar-refractivity contribution >= 4 is 23.4 Å². The van der Waals surface area contributed by atoms with E-state index in [9.17, 15) is 9.59 Å². The van der Waals surface area contributed by atoms with Gasteiger partial charge in [0.2, 0.25) is 11.8 Å². The van der Waals surface area contributed by atoms with Gasteiger partial charge in [-0.05, 0) is 56.1 Å². The highest BCUT2D eigenvalue weighted by Gasteiger charge is 2.32. The first-order chi connectivity index (χ1) is 15.0. The monoisotopic (exact) mass is 440 g/mol. The molecule has 1 atom stereocenters. The molecule has 3 rings (SSSR count). The third kappa shape index (κ3) is 6.57. The van der Waals surface area contributed by atoms with Crippen LogP contribution in [0.2, 0.25) is 0 Å². The average molecular weight is 441 g/mol. The molecule has 0 bridgehead atoms. The van der Waals surface area contributed by atoms with Gasteiger partial charge in [0.05, 0.1) is 0 Å². The van der Waals surface area contributed by atoms with Crippen molar-refractivity contribution in [3.63, 3.8) is 0 Å². The molecule has 1 N–H and O–H groups in total. The molecule has 2 aromatic rings. The lowest BCUT2D eigenvalue weighted by Crippen LogP contribution is -2.48. The Balaban J connectivity index is 1.84. The van der Waals surface area contributed by atoms with Crippen LogP contribution in [-0.2, 0) is 16.0 Å². The molecule has 0 radical (unpaired) electrons. The molecule has 1 aliphatic rings. The quantitative estimate of drug-likeness (QED) is 0.584. The summed E-state index contributed by atoms with van der Waals surface area (Å²) in [4.78, 5) is 28.0. The van der Waals surface area contributed by atoms with Gasteiger partial charge in [-0.15, -0.1) is 11.6 Å². The van der Waals surface area contributed by atoms with Gasteiger partial charge in [-0.25, -0.2) is 0 Å². The summed E-state index contributed by atoms with van der Waals surface area (Å²) in [5.74, 6) is 0.220. The van der Waals surface area contributed by atoms with Crippen molar-refractivity contribution < 1.29 is 9.59 Å². The lowest BCUT2D eigenvalue weighted by atomic mass is 9.87. The summed E-state index contributed by atoms with van der Waals surface area (Å²) in [5.41, 5.74) is 3.06. The molecule has 2 amide bonds. The molecule has 0 aliphatic heterocycles. The number of halogens is 1. The largest absolute Gasteiger partial charge is 0.351 e. The van der Waals surface area contributed by atoms with E-state index in [1.165, 1.54) is 0 Å². The van der Waals surface area contributed by atoms with Crippen molar-refractivity contribution in [2.75, 3.05) is 12.4 Å². The fraction of sp³-hybridized carbons (Fsp3) is 0.462. The molecular formula is C26H33ClN2O2. The molecule has 5 heteroatoms. The average Bonchev–Trinajstić information content (AvgIpc) is 2.79. The van der Waals surface area contributed by atoms with Crippen LogP contribution in [0.4, 0.5) is 0 Å². The molecular weight excluding hydrogens is 408 g/mol. The Morgan fingerprint density at radius 3 is 2.29 bits per heavy atom. The van der Waals surface area contributed by atoms with Crippen LogP contribution in [0.5, 0.6) is 0 Å². The van der Waals surface area contributed by atoms with E-state index in [0.29, 0.717) is 18.9 Å². The van der Waals surface area contributed by atoms with Crippen molar-refractivity contribution in [1.82, 2.24) is 10.2 Å². The van der Waals surface area contributed by atoms with E-state index >= 15 is 0 Å². The van der Waals surface area contributed by atoms with Gasteiger partial charge >= 0.3 is 0 Å². The van der Waals surface area contributed by atoms with Crippen molar-refractivity contribution in [2.45, 2.75) is 58.0 Å². The highest BCUT2D eigenvalue weighted by atomic mass is 35.5. The SMILES string of the molecule is Cc1ccc(C(C(=O)NC2CCC(C)CC2)N(CCc2ccccc2)C(=O)CCl)cc1. The molecule has 1 fully saturated rings. The number of nitrogens with zero attached hydrogens (tertiary/aromatic N) is 1. The lowest BCUT2D eigenvalue weighted by Gasteiger charge is -2.34. The highest BCUT2D eigenvalue weighted by Crippen LogP contribution is 2.27. The van der Waals surface area contributed by atoms with Crippen LogP contribution in [-0.4, -0.2) is 35.2 Å². The first-order valence-corrected chi connectivity index (χ1v) is 11.8. The molecule has 1 unspecified atom stereocenters. The number of carbonyl (C=O) groups is 2. The molecule has 1 saturated carbocycles. The van der Waals surface area contributed by atoms with Crippen LogP contribution in [0, 0.1) is 12.8 Å². The lowest BCUT2D eigenvalue weighted by molar-refractivity contribution is -0.139. The number of rotatable bonds is 8. The van der Waals surface area contributed by atoms with Crippen LogP contribution in [0.3, 0.4) is 0 Å². The Hall–Kier alpha value is -2.33. The summed E-state index contributed by atoms with van der Waals surface area (Å²) in [6.45, 7) is 4.71. The summed E-state index contributed by atoms with van der Waals surface area (Å²) in [6.07, 6.45) is 4.89. The molecule has 0 heterocycles. The normalized spacial score (nSPS) is 19.5. The number of aryl methyl sites for hydroxylation is 1. The topological polar surface area (TPSA) is 49.4 Å². The number of hydrogen-bond acceptors (Lipinski definition) is 2. The summed E-state index contributed by atoms with van der Waals surface area (Å²) < 4.78 is 0. The molecule has 0 spiro atoms. The predicted molar refractivity (Wildman–Crippen MR) is 126 cm³/mol. The Morgan fingerprint density at radius 1 is 1.03 bits per heavy atom. The molecule has 31 heavy (non-hydrogen) atoms. The third-order valence-corrected chi connectivity index (χ3v) is 6.46. The Morgan fingerprint density at radius 2 is 1.68 bits per heavy atom.